The van der Waals surface area contributed by atoms with Crippen LogP contribution in [0.5, 0.6) is 0 Å². The monoisotopic (exact) mass is 257 g/mol. The number of aromatic nitrogens is 5. The van der Waals surface area contributed by atoms with E-state index in [1.54, 1.807) is 6.33 Å². The van der Waals surface area contributed by atoms with E-state index in [1.807, 2.05) is 16.7 Å². The second-order valence-electron chi connectivity index (χ2n) is 4.50. The van der Waals surface area contributed by atoms with Crippen molar-refractivity contribution in [3.05, 3.63) is 24.3 Å². The smallest absolute Gasteiger partial charge is 0.160 e. The zero-order chi connectivity index (χ0) is 12.8. The van der Waals surface area contributed by atoms with Crippen LogP contribution < -0.4 is 10.6 Å². The van der Waals surface area contributed by atoms with Crippen LogP contribution in [-0.4, -0.2) is 31.6 Å². The summed E-state index contributed by atoms with van der Waals surface area (Å²) in [7, 11) is 0. The molecule has 0 aliphatic carbocycles. The molecule has 0 fully saturated rings. The summed E-state index contributed by atoms with van der Waals surface area (Å²) < 4.78 is 6.84. The lowest BCUT2D eigenvalue weighted by Crippen LogP contribution is -2.33. The first kappa shape index (κ1) is 10.3. The van der Waals surface area contributed by atoms with E-state index in [4.69, 9.17) is 10.4 Å². The van der Waals surface area contributed by atoms with Crippen LogP contribution in [0.15, 0.2) is 23.1 Å². The van der Waals surface area contributed by atoms with Gasteiger partial charge in [-0.05, 0) is 22.4 Å². The molecule has 0 saturated heterocycles. The quantitative estimate of drug-likeness (QED) is 0.630. The van der Waals surface area contributed by atoms with Gasteiger partial charge in [0.25, 0.3) is 0 Å². The van der Waals surface area contributed by atoms with Gasteiger partial charge in [0.2, 0.25) is 0 Å². The number of nitrogen functional groups attached to an aromatic ring is 1. The number of nitrogens with two attached hydrogens (primary N) is 1. The van der Waals surface area contributed by atoms with E-state index in [0.29, 0.717) is 23.3 Å². The van der Waals surface area contributed by atoms with Crippen molar-refractivity contribution in [2.45, 2.75) is 13.1 Å². The molecule has 0 bridgehead atoms. The normalized spacial score (nSPS) is 14.8. The van der Waals surface area contributed by atoms with Gasteiger partial charge in [0.05, 0.1) is 17.9 Å². The van der Waals surface area contributed by atoms with Crippen molar-refractivity contribution in [1.82, 2.24) is 25.1 Å². The van der Waals surface area contributed by atoms with Crippen molar-refractivity contribution < 1.29 is 4.63 Å². The third-order valence-electron chi connectivity index (χ3n) is 3.40. The number of anilines is 2. The van der Waals surface area contributed by atoms with E-state index in [0.717, 1.165) is 24.6 Å². The topological polar surface area (TPSA) is 98.9 Å². The Bertz CT molecular complexity index is 746. The number of nitrogens with zero attached hydrogens (tertiary/aromatic N) is 6. The van der Waals surface area contributed by atoms with Gasteiger partial charge in [-0.2, -0.15) is 0 Å². The molecule has 19 heavy (non-hydrogen) atoms. The third-order valence-corrected chi connectivity index (χ3v) is 3.40. The lowest BCUT2D eigenvalue weighted by Gasteiger charge is -2.28. The Balaban J connectivity index is 1.80. The molecule has 1 aromatic carbocycles. The molecule has 0 amide bonds. The summed E-state index contributed by atoms with van der Waals surface area (Å²) in [5.41, 5.74) is 8.67. The fourth-order valence-corrected chi connectivity index (χ4v) is 2.40. The van der Waals surface area contributed by atoms with Gasteiger partial charge >= 0.3 is 0 Å². The average molecular weight is 257 g/mol. The highest BCUT2D eigenvalue weighted by Gasteiger charge is 2.21. The second kappa shape index (κ2) is 3.67. The van der Waals surface area contributed by atoms with Crippen LogP contribution >= 0.6 is 0 Å². The average Bonchev–Trinajstić information content (AvgIpc) is 3.07. The van der Waals surface area contributed by atoms with Crippen molar-refractivity contribution in [1.29, 1.82) is 0 Å². The Kier molecular flexibility index (Phi) is 1.99. The molecule has 1 aliphatic rings. The van der Waals surface area contributed by atoms with E-state index in [2.05, 4.69) is 25.4 Å². The molecule has 2 aromatic heterocycles. The standard InChI is InChI=1S/C11H11N7O/c12-7-1-2-8(11-10(7)15-19-16-11)17-3-4-18-6-13-14-9(18)5-17/h1-2,6H,3-5,12H2. The number of rotatable bonds is 1. The summed E-state index contributed by atoms with van der Waals surface area (Å²) in [6.45, 7) is 2.39. The number of hydrogen-bond acceptors (Lipinski definition) is 7. The molecule has 96 valence electrons. The van der Waals surface area contributed by atoms with Crippen LogP contribution in [0.2, 0.25) is 0 Å². The molecule has 3 heterocycles. The van der Waals surface area contributed by atoms with Crippen molar-refractivity contribution in [2.75, 3.05) is 17.2 Å². The van der Waals surface area contributed by atoms with Crippen LogP contribution in [0.25, 0.3) is 11.0 Å². The third kappa shape index (κ3) is 1.46. The zero-order valence-corrected chi connectivity index (χ0v) is 10.0. The van der Waals surface area contributed by atoms with Gasteiger partial charge in [0.1, 0.15) is 6.33 Å². The van der Waals surface area contributed by atoms with Crippen LogP contribution in [0, 0.1) is 0 Å². The summed E-state index contributed by atoms with van der Waals surface area (Å²) in [4.78, 5) is 2.18. The molecule has 0 spiro atoms. The maximum absolute atomic E-state index is 5.85. The molecule has 0 radical (unpaired) electrons. The molecule has 0 saturated carbocycles. The highest BCUT2D eigenvalue weighted by Crippen LogP contribution is 2.30. The minimum absolute atomic E-state index is 0.570. The van der Waals surface area contributed by atoms with Crippen LogP contribution in [0.1, 0.15) is 5.82 Å². The van der Waals surface area contributed by atoms with Crippen LogP contribution in [0.4, 0.5) is 11.4 Å². The van der Waals surface area contributed by atoms with E-state index in [9.17, 15) is 0 Å². The van der Waals surface area contributed by atoms with Gasteiger partial charge in [0.15, 0.2) is 16.9 Å². The van der Waals surface area contributed by atoms with Crippen molar-refractivity contribution in [3.8, 4) is 0 Å². The highest BCUT2D eigenvalue weighted by atomic mass is 16.6. The molecule has 1 aliphatic heterocycles. The Morgan fingerprint density at radius 3 is 3.00 bits per heavy atom. The van der Waals surface area contributed by atoms with Gasteiger partial charge in [-0.1, -0.05) is 0 Å². The summed E-state index contributed by atoms with van der Waals surface area (Å²) in [5, 5.41) is 15.8. The fraction of sp³-hybridized carbons (Fsp3) is 0.273. The predicted octanol–water partition coefficient (Wildman–Crippen LogP) is 0.417. The van der Waals surface area contributed by atoms with Crippen molar-refractivity contribution in [2.24, 2.45) is 0 Å². The van der Waals surface area contributed by atoms with E-state index in [-0.39, 0.29) is 0 Å². The Morgan fingerprint density at radius 1 is 1.16 bits per heavy atom. The van der Waals surface area contributed by atoms with E-state index in [1.165, 1.54) is 0 Å². The Morgan fingerprint density at radius 2 is 2.05 bits per heavy atom. The lowest BCUT2D eigenvalue weighted by atomic mass is 10.2. The first-order chi connectivity index (χ1) is 9.33. The predicted molar refractivity (Wildman–Crippen MR) is 67.3 cm³/mol. The van der Waals surface area contributed by atoms with Crippen molar-refractivity contribution >= 4 is 22.4 Å². The van der Waals surface area contributed by atoms with Crippen LogP contribution in [-0.2, 0) is 13.1 Å². The van der Waals surface area contributed by atoms with E-state index < -0.39 is 0 Å². The molecule has 8 nitrogen and oxygen atoms in total. The summed E-state index contributed by atoms with van der Waals surface area (Å²) in [6.07, 6.45) is 1.75. The van der Waals surface area contributed by atoms with Gasteiger partial charge in [-0.15, -0.1) is 10.2 Å². The minimum atomic E-state index is 0.570. The maximum Gasteiger partial charge on any atom is 0.160 e. The molecular weight excluding hydrogens is 246 g/mol. The lowest BCUT2D eigenvalue weighted by molar-refractivity contribution is 0.315. The van der Waals surface area contributed by atoms with Gasteiger partial charge in [0, 0.05) is 13.1 Å². The minimum Gasteiger partial charge on any atom is -0.397 e. The van der Waals surface area contributed by atoms with Crippen molar-refractivity contribution in [3.63, 3.8) is 0 Å². The first-order valence-electron chi connectivity index (χ1n) is 5.95. The summed E-state index contributed by atoms with van der Waals surface area (Å²) >= 11 is 0. The number of benzene rings is 1. The van der Waals surface area contributed by atoms with Gasteiger partial charge < -0.3 is 15.2 Å². The molecule has 8 heteroatoms. The summed E-state index contributed by atoms with van der Waals surface area (Å²) in [5.74, 6) is 0.938. The molecule has 2 N–H and O–H groups in total. The van der Waals surface area contributed by atoms with E-state index >= 15 is 0 Å². The molecule has 0 atom stereocenters. The zero-order valence-electron chi connectivity index (χ0n) is 10.0. The molecular formula is C11H11N7O. The Hall–Kier alpha value is -2.64. The molecule has 4 rings (SSSR count). The highest BCUT2D eigenvalue weighted by molar-refractivity contribution is 5.95. The fourth-order valence-electron chi connectivity index (χ4n) is 2.40. The maximum atomic E-state index is 5.85. The Labute approximate surface area is 107 Å². The SMILES string of the molecule is Nc1ccc(N2CCn3cnnc3C2)c2nonc12. The second-order valence-corrected chi connectivity index (χ2v) is 4.50. The first-order valence-corrected chi connectivity index (χ1v) is 5.95. The molecule has 0 unspecified atom stereocenters. The number of fused-ring (bicyclic) bond motifs is 2. The van der Waals surface area contributed by atoms with Gasteiger partial charge in [-0.25, -0.2) is 4.63 Å². The summed E-state index contributed by atoms with van der Waals surface area (Å²) in [6, 6.07) is 3.76. The largest absolute Gasteiger partial charge is 0.397 e. The molecule has 3 aromatic rings. The van der Waals surface area contributed by atoms with Crippen LogP contribution in [0.3, 0.4) is 0 Å². The number of hydrogen-bond donors (Lipinski definition) is 1. The van der Waals surface area contributed by atoms with Gasteiger partial charge in [-0.3, -0.25) is 0 Å².